The van der Waals surface area contributed by atoms with Crippen molar-refractivity contribution in [2.75, 3.05) is 20.2 Å². The summed E-state index contributed by atoms with van der Waals surface area (Å²) in [5, 5.41) is 4.59. The monoisotopic (exact) mass is 244 g/mol. The van der Waals surface area contributed by atoms with Crippen molar-refractivity contribution in [3.8, 4) is 5.75 Å². The Bertz CT molecular complexity index is 543. The van der Waals surface area contributed by atoms with Crippen LogP contribution < -0.4 is 10.1 Å². The lowest BCUT2D eigenvalue weighted by Gasteiger charge is -2.04. The van der Waals surface area contributed by atoms with Gasteiger partial charge in [-0.25, -0.2) is 0 Å². The fourth-order valence-electron chi connectivity index (χ4n) is 2.23. The molecule has 0 aliphatic rings. The summed E-state index contributed by atoms with van der Waals surface area (Å²) < 4.78 is 5.29. The van der Waals surface area contributed by atoms with Crippen molar-refractivity contribution in [1.82, 2.24) is 10.3 Å². The van der Waals surface area contributed by atoms with E-state index in [1.165, 1.54) is 22.2 Å². The molecule has 0 radical (unpaired) electrons. The third-order valence-electron chi connectivity index (χ3n) is 3.17. The molecule has 0 spiro atoms. The lowest BCUT2D eigenvalue weighted by atomic mass is 10.1. The van der Waals surface area contributed by atoms with E-state index in [2.05, 4.69) is 35.9 Å². The van der Waals surface area contributed by atoms with Gasteiger partial charge in [-0.05, 0) is 43.7 Å². The first-order valence-electron chi connectivity index (χ1n) is 6.23. The Kier molecular flexibility index (Phi) is 4.05. The number of aromatic amines is 1. The number of ether oxygens (including phenoxy) is 1. The van der Waals surface area contributed by atoms with Crippen LogP contribution in [0.4, 0.5) is 0 Å². The second-order valence-corrected chi connectivity index (χ2v) is 4.38. The largest absolute Gasteiger partial charge is 0.497 e. The molecule has 1 heterocycles. The molecule has 2 aromatic rings. The highest BCUT2D eigenvalue weighted by Gasteiger charge is 2.08. The average Bonchev–Trinajstić information content (AvgIpc) is 2.70. The van der Waals surface area contributed by atoms with Crippen molar-refractivity contribution in [3.05, 3.63) is 42.1 Å². The molecule has 1 aromatic carbocycles. The van der Waals surface area contributed by atoms with Crippen LogP contribution in [0.25, 0.3) is 10.9 Å². The minimum Gasteiger partial charge on any atom is -0.497 e. The molecule has 18 heavy (non-hydrogen) atoms. The summed E-state index contributed by atoms with van der Waals surface area (Å²) in [6, 6.07) is 6.15. The van der Waals surface area contributed by atoms with Crippen LogP contribution in [-0.4, -0.2) is 25.2 Å². The van der Waals surface area contributed by atoms with Gasteiger partial charge >= 0.3 is 0 Å². The molecule has 0 aliphatic carbocycles. The molecule has 0 bridgehead atoms. The predicted molar refractivity (Wildman–Crippen MR) is 76.4 cm³/mol. The first-order chi connectivity index (χ1) is 8.76. The zero-order valence-corrected chi connectivity index (χ0v) is 11.0. The SMILES string of the molecule is C=CCNCCc1c(C)[nH]c2ccc(OC)cc12. The minimum absolute atomic E-state index is 0.852. The molecule has 3 heteroatoms. The maximum atomic E-state index is 5.29. The minimum atomic E-state index is 0.852. The highest BCUT2D eigenvalue weighted by molar-refractivity contribution is 5.86. The summed E-state index contributed by atoms with van der Waals surface area (Å²) in [6.45, 7) is 7.63. The van der Waals surface area contributed by atoms with Crippen molar-refractivity contribution in [2.45, 2.75) is 13.3 Å². The topological polar surface area (TPSA) is 37.0 Å². The summed E-state index contributed by atoms with van der Waals surface area (Å²) in [7, 11) is 1.70. The van der Waals surface area contributed by atoms with Gasteiger partial charge in [-0.1, -0.05) is 6.08 Å². The van der Waals surface area contributed by atoms with Crippen LogP contribution in [-0.2, 0) is 6.42 Å². The van der Waals surface area contributed by atoms with Gasteiger partial charge in [0.25, 0.3) is 0 Å². The van der Waals surface area contributed by atoms with Crippen molar-refractivity contribution >= 4 is 10.9 Å². The smallest absolute Gasteiger partial charge is 0.119 e. The fraction of sp³-hybridized carbons (Fsp3) is 0.333. The van der Waals surface area contributed by atoms with E-state index in [9.17, 15) is 0 Å². The van der Waals surface area contributed by atoms with Crippen LogP contribution in [0.5, 0.6) is 5.75 Å². The van der Waals surface area contributed by atoms with E-state index in [4.69, 9.17) is 4.74 Å². The van der Waals surface area contributed by atoms with Crippen molar-refractivity contribution in [2.24, 2.45) is 0 Å². The van der Waals surface area contributed by atoms with Crippen LogP contribution >= 0.6 is 0 Å². The normalized spacial score (nSPS) is 10.8. The molecule has 96 valence electrons. The lowest BCUT2D eigenvalue weighted by Crippen LogP contribution is -2.16. The Morgan fingerprint density at radius 2 is 2.28 bits per heavy atom. The number of benzene rings is 1. The first kappa shape index (κ1) is 12.7. The van der Waals surface area contributed by atoms with E-state index in [0.717, 1.165) is 25.3 Å². The summed E-state index contributed by atoms with van der Waals surface area (Å²) in [4.78, 5) is 3.42. The molecule has 0 amide bonds. The van der Waals surface area contributed by atoms with Crippen LogP contribution in [0.3, 0.4) is 0 Å². The summed E-state index contributed by atoms with van der Waals surface area (Å²) in [5.74, 6) is 0.904. The van der Waals surface area contributed by atoms with Gasteiger partial charge in [0, 0.05) is 23.1 Å². The Morgan fingerprint density at radius 1 is 1.44 bits per heavy atom. The highest BCUT2D eigenvalue weighted by atomic mass is 16.5. The van der Waals surface area contributed by atoms with Gasteiger partial charge in [0.05, 0.1) is 7.11 Å². The Balaban J connectivity index is 2.24. The van der Waals surface area contributed by atoms with Gasteiger partial charge in [0.15, 0.2) is 0 Å². The number of hydrogen-bond donors (Lipinski definition) is 2. The van der Waals surface area contributed by atoms with Crippen molar-refractivity contribution in [1.29, 1.82) is 0 Å². The number of nitrogens with one attached hydrogen (secondary N) is 2. The third kappa shape index (κ3) is 2.57. The number of methoxy groups -OCH3 is 1. The van der Waals surface area contributed by atoms with E-state index in [-0.39, 0.29) is 0 Å². The van der Waals surface area contributed by atoms with Gasteiger partial charge in [-0.3, -0.25) is 0 Å². The number of aryl methyl sites for hydroxylation is 1. The number of rotatable bonds is 6. The Morgan fingerprint density at radius 3 is 3.00 bits per heavy atom. The van der Waals surface area contributed by atoms with Crippen molar-refractivity contribution in [3.63, 3.8) is 0 Å². The van der Waals surface area contributed by atoms with E-state index in [1.807, 2.05) is 12.1 Å². The van der Waals surface area contributed by atoms with Gasteiger partial charge < -0.3 is 15.0 Å². The van der Waals surface area contributed by atoms with E-state index in [1.54, 1.807) is 7.11 Å². The Labute approximate surface area is 108 Å². The highest BCUT2D eigenvalue weighted by Crippen LogP contribution is 2.26. The molecule has 1 aromatic heterocycles. The maximum Gasteiger partial charge on any atom is 0.119 e. The molecule has 0 aliphatic heterocycles. The van der Waals surface area contributed by atoms with Crippen molar-refractivity contribution < 1.29 is 4.74 Å². The molecule has 2 N–H and O–H groups in total. The molecular weight excluding hydrogens is 224 g/mol. The molecule has 0 atom stereocenters. The number of H-pyrrole nitrogens is 1. The maximum absolute atomic E-state index is 5.29. The molecular formula is C15H20N2O. The molecule has 0 unspecified atom stereocenters. The Hall–Kier alpha value is -1.74. The molecule has 2 rings (SSSR count). The third-order valence-corrected chi connectivity index (χ3v) is 3.17. The fourth-order valence-corrected chi connectivity index (χ4v) is 2.23. The van der Waals surface area contributed by atoms with Crippen LogP contribution in [0.1, 0.15) is 11.3 Å². The second kappa shape index (κ2) is 5.74. The standard InChI is InChI=1S/C15H20N2O/c1-4-8-16-9-7-13-11(2)17-15-6-5-12(18-3)10-14(13)15/h4-6,10,16-17H,1,7-9H2,2-3H3. The summed E-state index contributed by atoms with van der Waals surface area (Å²) in [6.07, 6.45) is 2.89. The van der Waals surface area contributed by atoms with Crippen LogP contribution in [0.2, 0.25) is 0 Å². The summed E-state index contributed by atoms with van der Waals surface area (Å²) >= 11 is 0. The predicted octanol–water partition coefficient (Wildman–Crippen LogP) is 2.80. The zero-order valence-electron chi connectivity index (χ0n) is 11.0. The zero-order chi connectivity index (χ0) is 13.0. The van der Waals surface area contributed by atoms with E-state index >= 15 is 0 Å². The summed E-state index contributed by atoms with van der Waals surface area (Å²) in [5.41, 5.74) is 3.77. The van der Waals surface area contributed by atoms with Crippen LogP contribution in [0.15, 0.2) is 30.9 Å². The van der Waals surface area contributed by atoms with Gasteiger partial charge in [-0.2, -0.15) is 0 Å². The number of fused-ring (bicyclic) bond motifs is 1. The molecule has 0 saturated heterocycles. The van der Waals surface area contributed by atoms with Gasteiger partial charge in [0.1, 0.15) is 5.75 Å². The lowest BCUT2D eigenvalue weighted by molar-refractivity contribution is 0.415. The van der Waals surface area contributed by atoms with Gasteiger partial charge in [0.2, 0.25) is 0 Å². The number of aromatic nitrogens is 1. The number of hydrogen-bond acceptors (Lipinski definition) is 2. The van der Waals surface area contributed by atoms with Crippen LogP contribution in [0, 0.1) is 6.92 Å². The second-order valence-electron chi connectivity index (χ2n) is 4.38. The molecule has 0 saturated carbocycles. The van der Waals surface area contributed by atoms with E-state index < -0.39 is 0 Å². The van der Waals surface area contributed by atoms with Gasteiger partial charge in [-0.15, -0.1) is 6.58 Å². The molecule has 3 nitrogen and oxygen atoms in total. The van der Waals surface area contributed by atoms with E-state index in [0.29, 0.717) is 0 Å². The first-order valence-corrected chi connectivity index (χ1v) is 6.23. The molecule has 0 fully saturated rings. The average molecular weight is 244 g/mol. The quantitative estimate of drug-likeness (QED) is 0.605.